The topological polar surface area (TPSA) is 111 Å². The summed E-state index contributed by atoms with van der Waals surface area (Å²) in [7, 11) is 3.86. The Hall–Kier alpha value is -2.85. The maximum Gasteiger partial charge on any atom is 0.318 e. The summed E-state index contributed by atoms with van der Waals surface area (Å²) in [5, 5.41) is 2.91. The zero-order chi connectivity index (χ0) is 42.1. The number of thioether (sulfide) groups is 1. The lowest BCUT2D eigenvalue weighted by atomic mass is 9.96. The lowest BCUT2D eigenvalue weighted by Gasteiger charge is -2.21. The lowest BCUT2D eigenvalue weighted by molar-refractivity contribution is -0.154. The standard InChI is InChI=1S/C46H80N2O7S/c1-11-13-15-16-24-40(23-14-12-2)34-55-46(52)42(44(50)47-28-29-48(9)10)27-32-56-35-41(45(51)54-31-26-39(8)22-18-20-37(5)6)33-43(49)53-30-25-38(7)21-17-19-36(3)4/h19-20,25-26,40-42H,11-18,21-24,27-35H2,1-10H3,(H,47,50)/b38-25+,39-26+. The van der Waals surface area contributed by atoms with Gasteiger partial charge < -0.3 is 24.4 Å². The summed E-state index contributed by atoms with van der Waals surface area (Å²) < 4.78 is 17.0. The zero-order valence-corrected chi connectivity index (χ0v) is 37.9. The Balaban J connectivity index is 5.66. The molecular formula is C46H80N2O7S. The molecule has 0 radical (unpaired) electrons. The van der Waals surface area contributed by atoms with Gasteiger partial charge in [-0.15, -0.1) is 0 Å². The van der Waals surface area contributed by atoms with Gasteiger partial charge >= 0.3 is 17.9 Å². The molecule has 10 heteroatoms. The number of hydrogen-bond acceptors (Lipinski definition) is 9. The Labute approximate surface area is 346 Å². The maximum absolute atomic E-state index is 13.5. The fourth-order valence-corrected chi connectivity index (χ4v) is 6.89. The number of ether oxygens (including phenoxy) is 3. The smallest absolute Gasteiger partial charge is 0.318 e. The van der Waals surface area contributed by atoms with Crippen molar-refractivity contribution >= 4 is 35.6 Å². The Morgan fingerprint density at radius 2 is 1.29 bits per heavy atom. The van der Waals surface area contributed by atoms with Crippen LogP contribution in [-0.4, -0.2) is 87.2 Å². The van der Waals surface area contributed by atoms with Crippen LogP contribution in [0.2, 0.25) is 0 Å². The van der Waals surface area contributed by atoms with E-state index in [0.717, 1.165) is 68.9 Å². The number of esters is 3. The highest BCUT2D eigenvalue weighted by molar-refractivity contribution is 7.99. The van der Waals surface area contributed by atoms with Gasteiger partial charge in [0.2, 0.25) is 5.91 Å². The van der Waals surface area contributed by atoms with E-state index in [0.29, 0.717) is 25.4 Å². The molecule has 0 bridgehead atoms. The molecule has 9 nitrogen and oxygen atoms in total. The van der Waals surface area contributed by atoms with Gasteiger partial charge in [0.05, 0.1) is 18.9 Å². The summed E-state index contributed by atoms with van der Waals surface area (Å²) in [6, 6.07) is 0. The van der Waals surface area contributed by atoms with Crippen LogP contribution >= 0.6 is 11.8 Å². The molecule has 0 aromatic carbocycles. The van der Waals surface area contributed by atoms with Crippen LogP contribution in [0.4, 0.5) is 0 Å². The van der Waals surface area contributed by atoms with E-state index in [1.54, 1.807) is 0 Å². The third-order valence-corrected chi connectivity index (χ3v) is 10.6. The number of allylic oxidation sites excluding steroid dienone is 6. The van der Waals surface area contributed by atoms with E-state index in [4.69, 9.17) is 14.2 Å². The van der Waals surface area contributed by atoms with Crippen molar-refractivity contribution in [3.05, 3.63) is 46.6 Å². The van der Waals surface area contributed by atoms with E-state index >= 15 is 0 Å². The molecule has 0 fully saturated rings. The first-order valence-electron chi connectivity index (χ1n) is 21.3. The minimum Gasteiger partial charge on any atom is -0.465 e. The maximum atomic E-state index is 13.5. The van der Waals surface area contributed by atoms with Crippen molar-refractivity contribution in [2.75, 3.05) is 58.5 Å². The van der Waals surface area contributed by atoms with Gasteiger partial charge in [0.15, 0.2) is 0 Å². The van der Waals surface area contributed by atoms with E-state index in [9.17, 15) is 19.2 Å². The van der Waals surface area contributed by atoms with E-state index in [2.05, 4.69) is 59.0 Å². The van der Waals surface area contributed by atoms with Crippen LogP contribution in [0.25, 0.3) is 0 Å². The Bertz CT molecular complexity index is 1230. The highest BCUT2D eigenvalue weighted by Crippen LogP contribution is 2.22. The van der Waals surface area contributed by atoms with E-state index in [1.807, 2.05) is 45.0 Å². The Kier molecular flexibility index (Phi) is 32.5. The second-order valence-corrected chi connectivity index (χ2v) is 17.1. The zero-order valence-electron chi connectivity index (χ0n) is 37.1. The van der Waals surface area contributed by atoms with Crippen LogP contribution in [0.1, 0.15) is 145 Å². The van der Waals surface area contributed by atoms with Crippen LogP contribution in [0.5, 0.6) is 0 Å². The molecule has 0 aliphatic rings. The molecule has 0 saturated carbocycles. The summed E-state index contributed by atoms with van der Waals surface area (Å²) in [4.78, 5) is 55.0. The van der Waals surface area contributed by atoms with Gasteiger partial charge in [-0.2, -0.15) is 11.8 Å². The second kappa shape index (κ2) is 34.2. The predicted molar refractivity (Wildman–Crippen MR) is 235 cm³/mol. The number of likely N-dealkylation sites (N-methyl/N-ethyl adjacent to an activating group) is 1. The van der Waals surface area contributed by atoms with E-state index in [-0.39, 0.29) is 43.6 Å². The van der Waals surface area contributed by atoms with Crippen LogP contribution in [0, 0.1) is 17.8 Å². The molecule has 0 saturated heterocycles. The predicted octanol–water partition coefficient (Wildman–Crippen LogP) is 10.2. The minimum absolute atomic E-state index is 0.117. The van der Waals surface area contributed by atoms with Gasteiger partial charge in [-0.25, -0.2) is 0 Å². The summed E-state index contributed by atoms with van der Waals surface area (Å²) in [5.41, 5.74) is 4.80. The molecule has 1 N–H and O–H groups in total. The van der Waals surface area contributed by atoms with Crippen molar-refractivity contribution in [2.45, 2.75) is 145 Å². The van der Waals surface area contributed by atoms with Gasteiger partial charge in [-0.05, 0) is 124 Å². The molecule has 0 rings (SSSR count). The van der Waals surface area contributed by atoms with Crippen molar-refractivity contribution in [3.63, 3.8) is 0 Å². The van der Waals surface area contributed by atoms with E-state index < -0.39 is 29.7 Å². The summed E-state index contributed by atoms with van der Waals surface area (Å²) in [6.07, 6.45) is 20.8. The number of carbonyl (C=O) groups is 4. The number of amides is 1. The minimum atomic E-state index is -0.960. The second-order valence-electron chi connectivity index (χ2n) is 16.0. The van der Waals surface area contributed by atoms with Crippen molar-refractivity contribution in [2.24, 2.45) is 17.8 Å². The van der Waals surface area contributed by atoms with E-state index in [1.165, 1.54) is 42.2 Å². The molecule has 0 spiro atoms. The number of nitrogens with zero attached hydrogens (tertiary/aromatic N) is 1. The molecular weight excluding hydrogens is 725 g/mol. The largest absolute Gasteiger partial charge is 0.465 e. The van der Waals surface area contributed by atoms with Gasteiger partial charge in [-0.1, -0.05) is 86.8 Å². The number of unbranched alkanes of at least 4 members (excludes halogenated alkanes) is 4. The molecule has 0 aromatic rings. The third kappa shape index (κ3) is 30.3. The lowest BCUT2D eigenvalue weighted by Crippen LogP contribution is -2.40. The van der Waals surface area contributed by atoms with Gasteiger partial charge in [0.25, 0.3) is 0 Å². The quantitative estimate of drug-likeness (QED) is 0.0228. The third-order valence-electron chi connectivity index (χ3n) is 9.48. The van der Waals surface area contributed by atoms with Crippen molar-refractivity contribution in [3.8, 4) is 0 Å². The first kappa shape index (κ1) is 53.1. The number of hydrogen-bond donors (Lipinski definition) is 1. The van der Waals surface area contributed by atoms with Crippen LogP contribution in [0.15, 0.2) is 46.6 Å². The fourth-order valence-electron chi connectivity index (χ4n) is 5.79. The molecule has 0 aliphatic heterocycles. The van der Waals surface area contributed by atoms with Crippen LogP contribution in [0.3, 0.4) is 0 Å². The van der Waals surface area contributed by atoms with Crippen molar-refractivity contribution in [1.82, 2.24) is 10.2 Å². The normalized spacial score (nSPS) is 13.4. The summed E-state index contributed by atoms with van der Waals surface area (Å²) in [5.74, 6) is -2.48. The van der Waals surface area contributed by atoms with Crippen molar-refractivity contribution in [1.29, 1.82) is 0 Å². The molecule has 56 heavy (non-hydrogen) atoms. The summed E-state index contributed by atoms with van der Waals surface area (Å²) in [6.45, 7) is 18.3. The molecule has 0 heterocycles. The first-order valence-corrected chi connectivity index (χ1v) is 22.4. The average molecular weight is 805 g/mol. The van der Waals surface area contributed by atoms with Gasteiger partial charge in [0, 0.05) is 18.8 Å². The molecule has 3 atom stereocenters. The Morgan fingerprint density at radius 1 is 0.696 bits per heavy atom. The Morgan fingerprint density at radius 3 is 1.86 bits per heavy atom. The van der Waals surface area contributed by atoms with Gasteiger partial charge in [-0.3, -0.25) is 19.2 Å². The van der Waals surface area contributed by atoms with Crippen molar-refractivity contribution < 1.29 is 33.4 Å². The number of rotatable bonds is 33. The molecule has 0 aromatic heterocycles. The molecule has 322 valence electrons. The first-order chi connectivity index (χ1) is 26.7. The van der Waals surface area contributed by atoms with Gasteiger partial charge in [0.1, 0.15) is 19.1 Å². The fraction of sp³-hybridized carbons (Fsp3) is 0.739. The monoisotopic (exact) mass is 805 g/mol. The SMILES string of the molecule is CCCCCCC(CCCC)COC(=O)C(CCSCC(CC(=O)OC/C=C(\C)CCC=C(C)C)C(=O)OC/C=C(\C)CCC=C(C)C)C(=O)NCCN(C)C. The molecule has 0 aliphatic carbocycles. The summed E-state index contributed by atoms with van der Waals surface area (Å²) >= 11 is 1.42. The average Bonchev–Trinajstić information content (AvgIpc) is 3.12. The number of nitrogens with one attached hydrogen (secondary N) is 1. The van der Waals surface area contributed by atoms with Crippen LogP contribution in [-0.2, 0) is 33.4 Å². The highest BCUT2D eigenvalue weighted by atomic mass is 32.2. The highest BCUT2D eigenvalue weighted by Gasteiger charge is 2.30. The number of carbonyl (C=O) groups excluding carboxylic acids is 4. The molecule has 1 amide bonds. The molecule has 3 unspecified atom stereocenters. The van der Waals surface area contributed by atoms with Crippen LogP contribution < -0.4 is 5.32 Å².